The fraction of sp³-hybridized carbons (Fsp3) is 0.385. The van der Waals surface area contributed by atoms with Crippen molar-refractivity contribution in [2.45, 2.75) is 26.4 Å². The molecule has 0 aromatic heterocycles. The zero-order valence-corrected chi connectivity index (χ0v) is 10.7. The van der Waals surface area contributed by atoms with Gasteiger partial charge in [-0.15, -0.1) is 0 Å². The van der Waals surface area contributed by atoms with Crippen LogP contribution in [0.4, 0.5) is 0 Å². The quantitative estimate of drug-likeness (QED) is 0.879. The second-order valence-electron chi connectivity index (χ2n) is 3.91. The van der Waals surface area contributed by atoms with Crippen LogP contribution in [-0.2, 0) is 0 Å². The zero-order valence-electron chi connectivity index (χ0n) is 9.15. The molecule has 0 aliphatic rings. The molecule has 1 nitrogen and oxygen atoms in total. The minimum Gasteiger partial charge on any atom is -0.393 e. The molecule has 0 unspecified atom stereocenters. The standard InChI is InChI=1S/C13H17BrO/c1-10(11(2)15)5-3-6-12-7-4-8-13(14)9-12/h3-4,6-11,15H,5H2,1-2H3/b6-3+/t10-,11+/m1/s1. The fourth-order valence-electron chi connectivity index (χ4n) is 1.23. The third-order valence-electron chi connectivity index (χ3n) is 2.49. The van der Waals surface area contributed by atoms with Crippen LogP contribution in [0.25, 0.3) is 6.08 Å². The Kier molecular flexibility index (Phi) is 5.06. The number of rotatable bonds is 4. The second kappa shape index (κ2) is 6.09. The first-order valence-corrected chi connectivity index (χ1v) is 5.99. The summed E-state index contributed by atoms with van der Waals surface area (Å²) in [4.78, 5) is 0. The monoisotopic (exact) mass is 268 g/mol. The van der Waals surface area contributed by atoms with Crippen molar-refractivity contribution in [2.75, 3.05) is 0 Å². The van der Waals surface area contributed by atoms with Crippen molar-refractivity contribution in [1.82, 2.24) is 0 Å². The van der Waals surface area contributed by atoms with Gasteiger partial charge in [0.1, 0.15) is 0 Å². The Morgan fingerprint density at radius 2 is 2.13 bits per heavy atom. The van der Waals surface area contributed by atoms with E-state index in [-0.39, 0.29) is 6.10 Å². The Bertz CT molecular complexity index is 331. The number of benzene rings is 1. The molecule has 0 saturated heterocycles. The highest BCUT2D eigenvalue weighted by Gasteiger charge is 2.05. The Labute approximate surface area is 100.0 Å². The maximum atomic E-state index is 9.32. The molecule has 2 heteroatoms. The predicted molar refractivity (Wildman–Crippen MR) is 68.6 cm³/mol. The van der Waals surface area contributed by atoms with E-state index in [1.165, 1.54) is 5.56 Å². The maximum Gasteiger partial charge on any atom is 0.0540 e. The van der Waals surface area contributed by atoms with Crippen LogP contribution in [0.2, 0.25) is 0 Å². The third-order valence-corrected chi connectivity index (χ3v) is 2.98. The van der Waals surface area contributed by atoms with E-state index in [1.807, 2.05) is 19.1 Å². The van der Waals surface area contributed by atoms with Crippen molar-refractivity contribution < 1.29 is 5.11 Å². The topological polar surface area (TPSA) is 20.2 Å². The molecular weight excluding hydrogens is 252 g/mol. The van der Waals surface area contributed by atoms with Crippen molar-refractivity contribution in [3.05, 3.63) is 40.4 Å². The molecule has 1 N–H and O–H groups in total. The molecule has 0 radical (unpaired) electrons. The van der Waals surface area contributed by atoms with Crippen LogP contribution in [0.5, 0.6) is 0 Å². The summed E-state index contributed by atoms with van der Waals surface area (Å²) >= 11 is 3.43. The lowest BCUT2D eigenvalue weighted by atomic mass is 10.0. The first-order valence-electron chi connectivity index (χ1n) is 5.20. The van der Waals surface area contributed by atoms with E-state index in [0.717, 1.165) is 10.9 Å². The van der Waals surface area contributed by atoms with Crippen LogP contribution in [0.3, 0.4) is 0 Å². The van der Waals surface area contributed by atoms with E-state index in [1.54, 1.807) is 0 Å². The molecule has 15 heavy (non-hydrogen) atoms. The summed E-state index contributed by atoms with van der Waals surface area (Å²) in [5.74, 6) is 0.313. The Morgan fingerprint density at radius 1 is 1.40 bits per heavy atom. The number of aliphatic hydroxyl groups excluding tert-OH is 1. The largest absolute Gasteiger partial charge is 0.393 e. The van der Waals surface area contributed by atoms with Crippen LogP contribution >= 0.6 is 15.9 Å². The molecule has 0 aliphatic carbocycles. The van der Waals surface area contributed by atoms with Crippen LogP contribution in [0.1, 0.15) is 25.8 Å². The maximum absolute atomic E-state index is 9.32. The molecule has 1 aromatic carbocycles. The average molecular weight is 269 g/mol. The Hall–Kier alpha value is -0.600. The zero-order chi connectivity index (χ0) is 11.3. The summed E-state index contributed by atoms with van der Waals surface area (Å²) in [7, 11) is 0. The van der Waals surface area contributed by atoms with Crippen molar-refractivity contribution >= 4 is 22.0 Å². The van der Waals surface area contributed by atoms with Crippen LogP contribution in [-0.4, -0.2) is 11.2 Å². The van der Waals surface area contributed by atoms with Gasteiger partial charge >= 0.3 is 0 Å². The second-order valence-corrected chi connectivity index (χ2v) is 4.83. The highest BCUT2D eigenvalue weighted by atomic mass is 79.9. The summed E-state index contributed by atoms with van der Waals surface area (Å²) in [5.41, 5.74) is 1.18. The first kappa shape index (κ1) is 12.5. The highest BCUT2D eigenvalue weighted by molar-refractivity contribution is 9.10. The number of hydrogen-bond donors (Lipinski definition) is 1. The van der Waals surface area contributed by atoms with Gasteiger partial charge < -0.3 is 5.11 Å². The predicted octanol–water partition coefficient (Wildman–Crippen LogP) is 3.87. The van der Waals surface area contributed by atoms with E-state index >= 15 is 0 Å². The lowest BCUT2D eigenvalue weighted by molar-refractivity contribution is 0.136. The highest BCUT2D eigenvalue weighted by Crippen LogP contribution is 2.14. The van der Waals surface area contributed by atoms with Gasteiger partial charge in [-0.25, -0.2) is 0 Å². The molecule has 1 rings (SSSR count). The lowest BCUT2D eigenvalue weighted by Crippen LogP contribution is -2.11. The Balaban J connectivity index is 2.51. The fourth-order valence-corrected chi connectivity index (χ4v) is 1.64. The van der Waals surface area contributed by atoms with E-state index in [4.69, 9.17) is 0 Å². The summed E-state index contributed by atoms with van der Waals surface area (Å²) in [6.07, 6.45) is 4.87. The van der Waals surface area contributed by atoms with Gasteiger partial charge in [-0.3, -0.25) is 0 Å². The van der Waals surface area contributed by atoms with E-state index in [0.29, 0.717) is 5.92 Å². The van der Waals surface area contributed by atoms with Gasteiger partial charge in [0.15, 0.2) is 0 Å². The van der Waals surface area contributed by atoms with Gasteiger partial charge in [0, 0.05) is 4.47 Å². The van der Waals surface area contributed by atoms with Gasteiger partial charge in [-0.2, -0.15) is 0 Å². The normalized spacial score (nSPS) is 15.5. The third kappa shape index (κ3) is 4.63. The molecule has 1 aromatic rings. The van der Waals surface area contributed by atoms with Gasteiger partial charge in [0.2, 0.25) is 0 Å². The minimum atomic E-state index is -0.239. The molecule has 0 fully saturated rings. The summed E-state index contributed by atoms with van der Waals surface area (Å²) < 4.78 is 1.09. The van der Waals surface area contributed by atoms with Crippen molar-refractivity contribution in [3.8, 4) is 0 Å². The summed E-state index contributed by atoms with van der Waals surface area (Å²) in [6.45, 7) is 3.88. The van der Waals surface area contributed by atoms with E-state index in [2.05, 4.69) is 47.1 Å². The van der Waals surface area contributed by atoms with Crippen molar-refractivity contribution in [3.63, 3.8) is 0 Å². The number of aliphatic hydroxyl groups is 1. The smallest absolute Gasteiger partial charge is 0.0540 e. The number of hydrogen-bond acceptors (Lipinski definition) is 1. The number of halogens is 1. The van der Waals surface area contributed by atoms with Gasteiger partial charge in [-0.1, -0.05) is 47.1 Å². The van der Waals surface area contributed by atoms with E-state index < -0.39 is 0 Å². The molecule has 0 spiro atoms. The number of allylic oxidation sites excluding steroid dienone is 1. The molecule has 0 heterocycles. The van der Waals surface area contributed by atoms with Gasteiger partial charge in [0.25, 0.3) is 0 Å². The van der Waals surface area contributed by atoms with Gasteiger partial charge in [0.05, 0.1) is 6.10 Å². The Morgan fingerprint density at radius 3 is 2.73 bits per heavy atom. The molecule has 82 valence electrons. The van der Waals surface area contributed by atoms with Gasteiger partial charge in [-0.05, 0) is 37.0 Å². The summed E-state index contributed by atoms with van der Waals surface area (Å²) in [5, 5.41) is 9.32. The SMILES string of the molecule is C[C@H](O)[C@H](C)C/C=C/c1cccc(Br)c1. The van der Waals surface area contributed by atoms with E-state index in [9.17, 15) is 5.11 Å². The molecule has 0 saturated carbocycles. The molecule has 0 bridgehead atoms. The average Bonchev–Trinajstić information content (AvgIpc) is 2.17. The lowest BCUT2D eigenvalue weighted by Gasteiger charge is -2.11. The minimum absolute atomic E-state index is 0.239. The van der Waals surface area contributed by atoms with Crippen LogP contribution in [0.15, 0.2) is 34.8 Å². The molecular formula is C13H17BrO. The van der Waals surface area contributed by atoms with Crippen LogP contribution in [0, 0.1) is 5.92 Å². The first-order chi connectivity index (χ1) is 7.09. The van der Waals surface area contributed by atoms with Crippen LogP contribution < -0.4 is 0 Å². The molecule has 2 atom stereocenters. The molecule has 0 aliphatic heterocycles. The molecule has 0 amide bonds. The van der Waals surface area contributed by atoms with Crippen molar-refractivity contribution in [2.24, 2.45) is 5.92 Å². The summed E-state index contributed by atoms with van der Waals surface area (Å²) in [6, 6.07) is 8.16. The van der Waals surface area contributed by atoms with Crippen molar-refractivity contribution in [1.29, 1.82) is 0 Å².